The minimum absolute atomic E-state index is 0.0199. The number of carbonyl (C=O) groups is 2. The van der Waals surface area contributed by atoms with Gasteiger partial charge in [0.2, 0.25) is 0 Å². The van der Waals surface area contributed by atoms with E-state index in [0.717, 1.165) is 4.90 Å². The lowest BCUT2D eigenvalue weighted by molar-refractivity contribution is -0.384. The maximum atomic E-state index is 13.0. The molecule has 25 heavy (non-hydrogen) atoms. The van der Waals surface area contributed by atoms with Crippen LogP contribution in [0.1, 0.15) is 26.3 Å². The lowest BCUT2D eigenvalue weighted by Crippen LogP contribution is -2.65. The van der Waals surface area contributed by atoms with E-state index in [1.807, 2.05) is 0 Å². The van der Waals surface area contributed by atoms with Crippen molar-refractivity contribution < 1.29 is 24.4 Å². The zero-order valence-corrected chi connectivity index (χ0v) is 14.3. The normalized spacial score (nSPS) is 20.8. The lowest BCUT2D eigenvalue weighted by Gasteiger charge is -2.45. The predicted octanol–water partition coefficient (Wildman–Crippen LogP) is 1.72. The number of benzene rings is 1. The maximum absolute atomic E-state index is 13.0. The highest BCUT2D eigenvalue weighted by Gasteiger charge is 2.52. The lowest BCUT2D eigenvalue weighted by atomic mass is 9.86. The third-order valence-corrected chi connectivity index (χ3v) is 3.88. The molecule has 1 fully saturated rings. The highest BCUT2D eigenvalue weighted by Crippen LogP contribution is 2.34. The summed E-state index contributed by atoms with van der Waals surface area (Å²) in [6.45, 7) is 5.57. The van der Waals surface area contributed by atoms with Gasteiger partial charge in [-0.3, -0.25) is 15.0 Å². The summed E-state index contributed by atoms with van der Waals surface area (Å²) >= 11 is 0. The molecule has 1 aliphatic heterocycles. The van der Waals surface area contributed by atoms with E-state index in [2.05, 4.69) is 5.32 Å². The van der Waals surface area contributed by atoms with Crippen LogP contribution >= 0.6 is 0 Å². The highest BCUT2D eigenvalue weighted by molar-refractivity contribution is 5.88. The quantitative estimate of drug-likeness (QED) is 0.483. The van der Waals surface area contributed by atoms with Crippen molar-refractivity contribution in [3.63, 3.8) is 0 Å². The van der Waals surface area contributed by atoms with Gasteiger partial charge in [0.05, 0.1) is 4.92 Å². The van der Waals surface area contributed by atoms with Gasteiger partial charge in [0.1, 0.15) is 5.60 Å². The third kappa shape index (κ3) is 3.71. The molecule has 9 nitrogen and oxygen atoms in total. The van der Waals surface area contributed by atoms with Crippen molar-refractivity contribution in [2.45, 2.75) is 31.9 Å². The van der Waals surface area contributed by atoms with Crippen LogP contribution in [0.2, 0.25) is 0 Å². The molecule has 2 rings (SSSR count). The summed E-state index contributed by atoms with van der Waals surface area (Å²) in [5.41, 5.74) is -2.24. The van der Waals surface area contributed by atoms with Gasteiger partial charge in [-0.05, 0) is 38.5 Å². The van der Waals surface area contributed by atoms with E-state index in [-0.39, 0.29) is 18.8 Å². The van der Waals surface area contributed by atoms with Gasteiger partial charge in [0.15, 0.2) is 5.54 Å². The van der Waals surface area contributed by atoms with Crippen molar-refractivity contribution in [2.24, 2.45) is 0 Å². The number of non-ortho nitro benzene ring substituents is 1. The Bertz CT molecular complexity index is 682. The fourth-order valence-electron chi connectivity index (χ4n) is 2.78. The summed E-state index contributed by atoms with van der Waals surface area (Å²) in [7, 11) is 0. The fourth-order valence-corrected chi connectivity index (χ4v) is 2.78. The van der Waals surface area contributed by atoms with E-state index in [1.54, 1.807) is 20.8 Å². The molecule has 1 atom stereocenters. The van der Waals surface area contributed by atoms with Crippen molar-refractivity contribution in [1.29, 1.82) is 0 Å². The molecule has 9 heteroatoms. The predicted molar refractivity (Wildman–Crippen MR) is 88.2 cm³/mol. The molecular formula is C16H21N3O6. The van der Waals surface area contributed by atoms with E-state index < -0.39 is 28.1 Å². The van der Waals surface area contributed by atoms with Crippen LogP contribution in [0, 0.1) is 10.1 Å². The molecule has 1 heterocycles. The molecule has 136 valence electrons. The Balaban J connectivity index is 2.56. The summed E-state index contributed by atoms with van der Waals surface area (Å²) in [6.07, 6.45) is -1.26. The van der Waals surface area contributed by atoms with Crippen molar-refractivity contribution in [2.75, 3.05) is 19.6 Å². The number of rotatable bonds is 3. The first-order chi connectivity index (χ1) is 11.6. The highest BCUT2D eigenvalue weighted by atomic mass is 16.6. The number of carbonyl (C=O) groups excluding carboxylic acids is 1. The smallest absolute Gasteiger partial charge is 0.408 e. The SMILES string of the molecule is CC(C)(C)OC(=O)C1(c2ccc([N+](=O)[O-])cc2)CNCCN1C(=O)O. The first-order valence-electron chi connectivity index (χ1n) is 7.77. The maximum Gasteiger partial charge on any atom is 0.408 e. The minimum atomic E-state index is -1.60. The van der Waals surface area contributed by atoms with Gasteiger partial charge in [0.25, 0.3) is 5.69 Å². The number of nitro benzene ring substituents is 1. The van der Waals surface area contributed by atoms with Crippen molar-refractivity contribution in [1.82, 2.24) is 10.2 Å². The van der Waals surface area contributed by atoms with Crippen LogP contribution in [0.4, 0.5) is 10.5 Å². The van der Waals surface area contributed by atoms with E-state index >= 15 is 0 Å². The number of ether oxygens (including phenoxy) is 1. The summed E-state index contributed by atoms with van der Waals surface area (Å²) in [6, 6.07) is 5.28. The van der Waals surface area contributed by atoms with Gasteiger partial charge in [-0.1, -0.05) is 0 Å². The van der Waals surface area contributed by atoms with Crippen LogP contribution < -0.4 is 5.32 Å². The Morgan fingerprint density at radius 2 is 1.92 bits per heavy atom. The fraction of sp³-hybridized carbons (Fsp3) is 0.500. The number of nitrogens with one attached hydrogen (secondary N) is 1. The second-order valence-electron chi connectivity index (χ2n) is 6.78. The zero-order valence-electron chi connectivity index (χ0n) is 14.3. The molecule has 2 N–H and O–H groups in total. The summed E-state index contributed by atoms with van der Waals surface area (Å²) in [5, 5.41) is 23.5. The first-order valence-corrected chi connectivity index (χ1v) is 7.77. The van der Waals surface area contributed by atoms with Crippen LogP contribution in [0.3, 0.4) is 0 Å². The van der Waals surface area contributed by atoms with Crippen LogP contribution in [0.15, 0.2) is 24.3 Å². The topological polar surface area (TPSA) is 122 Å². The van der Waals surface area contributed by atoms with E-state index in [0.29, 0.717) is 12.1 Å². The molecule has 1 aromatic carbocycles. The largest absolute Gasteiger partial charge is 0.465 e. The van der Waals surface area contributed by atoms with E-state index in [1.165, 1.54) is 24.3 Å². The first kappa shape index (κ1) is 18.7. The van der Waals surface area contributed by atoms with Gasteiger partial charge in [0, 0.05) is 31.8 Å². The number of esters is 1. The Morgan fingerprint density at radius 3 is 2.40 bits per heavy atom. The van der Waals surface area contributed by atoms with E-state index in [4.69, 9.17) is 4.74 Å². The van der Waals surface area contributed by atoms with Crippen molar-refractivity contribution in [3.8, 4) is 0 Å². The van der Waals surface area contributed by atoms with Gasteiger partial charge >= 0.3 is 12.1 Å². The average molecular weight is 351 g/mol. The summed E-state index contributed by atoms with van der Waals surface area (Å²) in [4.78, 5) is 36.1. The van der Waals surface area contributed by atoms with Crippen molar-refractivity contribution >= 4 is 17.7 Å². The van der Waals surface area contributed by atoms with Crippen LogP contribution in [-0.4, -0.2) is 52.2 Å². The second-order valence-corrected chi connectivity index (χ2v) is 6.78. The van der Waals surface area contributed by atoms with Crippen LogP contribution in [-0.2, 0) is 15.1 Å². The van der Waals surface area contributed by atoms with Gasteiger partial charge < -0.3 is 15.2 Å². The number of carboxylic acid groups (broad SMARTS) is 1. The van der Waals surface area contributed by atoms with Crippen LogP contribution in [0.25, 0.3) is 0 Å². The Morgan fingerprint density at radius 1 is 1.32 bits per heavy atom. The Kier molecular flexibility index (Phi) is 4.98. The number of nitro groups is 1. The molecule has 1 aromatic rings. The second kappa shape index (κ2) is 6.67. The van der Waals surface area contributed by atoms with Gasteiger partial charge in [-0.15, -0.1) is 0 Å². The van der Waals surface area contributed by atoms with Crippen molar-refractivity contribution in [3.05, 3.63) is 39.9 Å². The molecule has 1 unspecified atom stereocenters. The standard InChI is InChI=1S/C16H21N3O6/c1-15(2,3)25-13(20)16(10-17-8-9-18(16)14(21)22)11-4-6-12(7-5-11)19(23)24/h4-7,17H,8-10H2,1-3H3,(H,21,22). The molecule has 0 aliphatic carbocycles. The van der Waals surface area contributed by atoms with Gasteiger partial charge in [-0.25, -0.2) is 9.59 Å². The molecule has 1 amide bonds. The number of hydrogen-bond donors (Lipinski definition) is 2. The molecule has 0 spiro atoms. The number of amides is 1. The molecule has 0 radical (unpaired) electrons. The summed E-state index contributed by atoms with van der Waals surface area (Å²) in [5.74, 6) is -0.719. The Hall–Kier alpha value is -2.68. The molecular weight excluding hydrogens is 330 g/mol. The summed E-state index contributed by atoms with van der Waals surface area (Å²) < 4.78 is 5.48. The number of nitrogens with zero attached hydrogens (tertiary/aromatic N) is 2. The van der Waals surface area contributed by atoms with Crippen LogP contribution in [0.5, 0.6) is 0 Å². The molecule has 0 saturated carbocycles. The minimum Gasteiger partial charge on any atom is -0.465 e. The number of piperazine rings is 1. The molecule has 0 aromatic heterocycles. The molecule has 0 bridgehead atoms. The third-order valence-electron chi connectivity index (χ3n) is 3.88. The molecule has 1 aliphatic rings. The number of hydrogen-bond acceptors (Lipinski definition) is 6. The zero-order chi connectivity index (χ0) is 18.8. The van der Waals surface area contributed by atoms with E-state index in [9.17, 15) is 24.8 Å². The molecule has 1 saturated heterocycles. The monoisotopic (exact) mass is 351 g/mol. The van der Waals surface area contributed by atoms with Gasteiger partial charge in [-0.2, -0.15) is 0 Å². The average Bonchev–Trinajstić information content (AvgIpc) is 2.53. The Labute approximate surface area is 144 Å².